The molecule has 0 bridgehead atoms. The number of carbonyl (C=O) groups excluding carboxylic acids is 1. The Kier molecular flexibility index (Phi) is 5.42. The maximum atomic E-state index is 10.8. The third-order valence-electron chi connectivity index (χ3n) is 2.14. The van der Waals surface area contributed by atoms with Crippen molar-refractivity contribution in [1.82, 2.24) is 10.3 Å². The zero-order valence-corrected chi connectivity index (χ0v) is 10.3. The molecule has 1 rings (SSSR count). The van der Waals surface area contributed by atoms with Gasteiger partial charge >= 0.3 is 0 Å². The SMILES string of the molecule is CC(C)NCCCOc1ccc(C(N)=O)cn1. The molecule has 0 aliphatic carbocycles. The van der Waals surface area contributed by atoms with Gasteiger partial charge in [0.05, 0.1) is 12.2 Å². The first-order valence-electron chi connectivity index (χ1n) is 5.71. The van der Waals surface area contributed by atoms with Crippen molar-refractivity contribution in [2.75, 3.05) is 13.2 Å². The van der Waals surface area contributed by atoms with E-state index in [0.717, 1.165) is 13.0 Å². The third-order valence-corrected chi connectivity index (χ3v) is 2.14. The maximum Gasteiger partial charge on any atom is 0.250 e. The first-order valence-corrected chi connectivity index (χ1v) is 5.71. The second kappa shape index (κ2) is 6.85. The molecular formula is C12H19N3O2. The predicted octanol–water partition coefficient (Wildman–Crippen LogP) is 0.947. The number of nitrogens with zero attached hydrogens (tertiary/aromatic N) is 1. The highest BCUT2D eigenvalue weighted by molar-refractivity contribution is 5.92. The van der Waals surface area contributed by atoms with E-state index in [1.165, 1.54) is 6.20 Å². The third kappa shape index (κ3) is 5.31. The van der Waals surface area contributed by atoms with Crippen LogP contribution < -0.4 is 15.8 Å². The Labute approximate surface area is 101 Å². The Balaban J connectivity index is 2.25. The van der Waals surface area contributed by atoms with Crippen molar-refractivity contribution < 1.29 is 9.53 Å². The van der Waals surface area contributed by atoms with Gasteiger partial charge in [-0.3, -0.25) is 4.79 Å². The van der Waals surface area contributed by atoms with Gasteiger partial charge in [0.15, 0.2) is 0 Å². The lowest BCUT2D eigenvalue weighted by molar-refractivity contribution is 0.1000. The van der Waals surface area contributed by atoms with Gasteiger partial charge < -0.3 is 15.8 Å². The molecule has 5 nitrogen and oxygen atoms in total. The molecule has 1 aromatic heterocycles. The van der Waals surface area contributed by atoms with Crippen LogP contribution in [0.15, 0.2) is 18.3 Å². The molecular weight excluding hydrogens is 218 g/mol. The van der Waals surface area contributed by atoms with Crippen molar-refractivity contribution in [3.05, 3.63) is 23.9 Å². The number of aromatic nitrogens is 1. The molecule has 0 saturated heterocycles. The van der Waals surface area contributed by atoms with Crippen LogP contribution in [0.3, 0.4) is 0 Å². The van der Waals surface area contributed by atoms with Crippen molar-refractivity contribution >= 4 is 5.91 Å². The van der Waals surface area contributed by atoms with Crippen LogP contribution in [0.4, 0.5) is 0 Å². The lowest BCUT2D eigenvalue weighted by Crippen LogP contribution is -2.24. The summed E-state index contributed by atoms with van der Waals surface area (Å²) in [6.07, 6.45) is 2.33. The Morgan fingerprint density at radius 2 is 2.29 bits per heavy atom. The molecule has 5 heteroatoms. The number of primary amides is 1. The fraction of sp³-hybridized carbons (Fsp3) is 0.500. The number of carbonyl (C=O) groups is 1. The van der Waals surface area contributed by atoms with E-state index in [1.54, 1.807) is 12.1 Å². The van der Waals surface area contributed by atoms with E-state index in [4.69, 9.17) is 10.5 Å². The number of hydrogen-bond acceptors (Lipinski definition) is 4. The second-order valence-corrected chi connectivity index (χ2v) is 4.06. The fourth-order valence-electron chi connectivity index (χ4n) is 1.25. The molecule has 1 heterocycles. The van der Waals surface area contributed by atoms with E-state index in [-0.39, 0.29) is 0 Å². The normalized spacial score (nSPS) is 10.5. The molecule has 0 aliphatic heterocycles. The number of hydrogen-bond donors (Lipinski definition) is 2. The average molecular weight is 237 g/mol. The molecule has 0 atom stereocenters. The van der Waals surface area contributed by atoms with Gasteiger partial charge in [-0.05, 0) is 19.0 Å². The molecule has 0 fully saturated rings. The van der Waals surface area contributed by atoms with Crippen LogP contribution in [-0.2, 0) is 0 Å². The highest BCUT2D eigenvalue weighted by Gasteiger charge is 2.01. The van der Waals surface area contributed by atoms with Crippen LogP contribution in [0.2, 0.25) is 0 Å². The molecule has 0 aromatic carbocycles. The van der Waals surface area contributed by atoms with Crippen LogP contribution >= 0.6 is 0 Å². The second-order valence-electron chi connectivity index (χ2n) is 4.06. The summed E-state index contributed by atoms with van der Waals surface area (Å²) in [5.41, 5.74) is 5.49. The van der Waals surface area contributed by atoms with Crippen LogP contribution in [-0.4, -0.2) is 30.1 Å². The molecule has 0 radical (unpaired) electrons. The van der Waals surface area contributed by atoms with E-state index in [9.17, 15) is 4.79 Å². The average Bonchev–Trinajstić information content (AvgIpc) is 2.29. The minimum absolute atomic E-state index is 0.388. The monoisotopic (exact) mass is 237 g/mol. The number of rotatable bonds is 7. The van der Waals surface area contributed by atoms with Gasteiger partial charge in [-0.25, -0.2) is 4.98 Å². The molecule has 1 amide bonds. The molecule has 1 aromatic rings. The molecule has 3 N–H and O–H groups in total. The van der Waals surface area contributed by atoms with Gasteiger partial charge in [-0.1, -0.05) is 13.8 Å². The molecule has 0 spiro atoms. The maximum absolute atomic E-state index is 10.8. The van der Waals surface area contributed by atoms with Gasteiger partial charge in [0.25, 0.3) is 0 Å². The van der Waals surface area contributed by atoms with Crippen LogP contribution in [0.5, 0.6) is 5.88 Å². The van der Waals surface area contributed by atoms with Crippen LogP contribution in [0.25, 0.3) is 0 Å². The number of nitrogens with one attached hydrogen (secondary N) is 1. The molecule has 17 heavy (non-hydrogen) atoms. The number of nitrogens with two attached hydrogens (primary N) is 1. The topological polar surface area (TPSA) is 77.2 Å². The molecule has 0 saturated carbocycles. The van der Waals surface area contributed by atoms with Gasteiger partial charge in [-0.2, -0.15) is 0 Å². The molecule has 94 valence electrons. The zero-order chi connectivity index (χ0) is 12.7. The fourth-order valence-corrected chi connectivity index (χ4v) is 1.25. The summed E-state index contributed by atoms with van der Waals surface area (Å²) in [5, 5.41) is 3.29. The quantitative estimate of drug-likeness (QED) is 0.692. The van der Waals surface area contributed by atoms with Gasteiger partial charge in [0.1, 0.15) is 0 Å². The summed E-state index contributed by atoms with van der Waals surface area (Å²) in [6.45, 7) is 5.72. The summed E-state index contributed by atoms with van der Waals surface area (Å²) < 4.78 is 5.42. The van der Waals surface area contributed by atoms with E-state index in [0.29, 0.717) is 24.1 Å². The lowest BCUT2D eigenvalue weighted by Gasteiger charge is -2.08. The van der Waals surface area contributed by atoms with Crippen LogP contribution in [0, 0.1) is 0 Å². The number of pyridine rings is 1. The van der Waals surface area contributed by atoms with E-state index in [1.807, 2.05) is 0 Å². The van der Waals surface area contributed by atoms with Crippen molar-refractivity contribution in [1.29, 1.82) is 0 Å². The lowest BCUT2D eigenvalue weighted by atomic mass is 10.3. The minimum atomic E-state index is -0.481. The standard InChI is InChI=1S/C12H19N3O2/c1-9(2)14-6-3-7-17-11-5-4-10(8-15-11)12(13)16/h4-5,8-9,14H,3,6-7H2,1-2H3,(H2,13,16). The largest absolute Gasteiger partial charge is 0.478 e. The number of amides is 1. The summed E-state index contributed by atoms with van der Waals surface area (Å²) in [7, 11) is 0. The Bertz CT molecular complexity index is 349. The highest BCUT2D eigenvalue weighted by atomic mass is 16.5. The predicted molar refractivity (Wildman–Crippen MR) is 66.0 cm³/mol. The summed E-state index contributed by atoms with van der Waals surface area (Å²) in [4.78, 5) is 14.8. The highest BCUT2D eigenvalue weighted by Crippen LogP contribution is 2.07. The Morgan fingerprint density at radius 1 is 1.53 bits per heavy atom. The van der Waals surface area contributed by atoms with Crippen molar-refractivity contribution in [2.45, 2.75) is 26.3 Å². The smallest absolute Gasteiger partial charge is 0.250 e. The van der Waals surface area contributed by atoms with E-state index < -0.39 is 5.91 Å². The number of ether oxygens (including phenoxy) is 1. The Hall–Kier alpha value is -1.62. The first kappa shape index (κ1) is 13.4. The molecule has 0 unspecified atom stereocenters. The Morgan fingerprint density at radius 3 is 2.82 bits per heavy atom. The zero-order valence-electron chi connectivity index (χ0n) is 10.3. The van der Waals surface area contributed by atoms with Gasteiger partial charge in [0.2, 0.25) is 11.8 Å². The van der Waals surface area contributed by atoms with E-state index >= 15 is 0 Å². The van der Waals surface area contributed by atoms with Crippen molar-refractivity contribution in [3.63, 3.8) is 0 Å². The van der Waals surface area contributed by atoms with Gasteiger partial charge in [-0.15, -0.1) is 0 Å². The minimum Gasteiger partial charge on any atom is -0.478 e. The summed E-state index contributed by atoms with van der Waals surface area (Å²) >= 11 is 0. The van der Waals surface area contributed by atoms with Crippen LogP contribution in [0.1, 0.15) is 30.6 Å². The first-order chi connectivity index (χ1) is 8.09. The van der Waals surface area contributed by atoms with Gasteiger partial charge in [0, 0.05) is 18.3 Å². The van der Waals surface area contributed by atoms with Crippen molar-refractivity contribution in [3.8, 4) is 5.88 Å². The van der Waals surface area contributed by atoms with E-state index in [2.05, 4.69) is 24.1 Å². The summed E-state index contributed by atoms with van der Waals surface area (Å²) in [6, 6.07) is 3.75. The summed E-state index contributed by atoms with van der Waals surface area (Å²) in [5.74, 6) is 0.0322. The molecule has 0 aliphatic rings. The van der Waals surface area contributed by atoms with Crippen molar-refractivity contribution in [2.24, 2.45) is 5.73 Å².